The highest BCUT2D eigenvalue weighted by atomic mass is 16.5. The van der Waals surface area contributed by atoms with Gasteiger partial charge >= 0.3 is 5.97 Å². The lowest BCUT2D eigenvalue weighted by Crippen LogP contribution is -2.57. The quantitative estimate of drug-likeness (QED) is 0.338. The Hall–Kier alpha value is -0.870. The molecule has 0 spiro atoms. The summed E-state index contributed by atoms with van der Waals surface area (Å²) in [4.78, 5) is 12.5. The van der Waals surface area contributed by atoms with Crippen molar-refractivity contribution in [3.63, 3.8) is 0 Å². The molecule has 4 heteroatoms. The summed E-state index contributed by atoms with van der Waals surface area (Å²) in [6, 6.07) is -0.628. The Labute approximate surface area is 208 Å². The maximum atomic E-state index is 12.5. The molecule has 194 valence electrons. The van der Waals surface area contributed by atoms with E-state index in [9.17, 15) is 9.90 Å². The lowest BCUT2D eigenvalue weighted by atomic mass is 9.46. The van der Waals surface area contributed by atoms with Gasteiger partial charge in [0.25, 0.3) is 0 Å². The number of rotatable bonds is 7. The second-order valence-corrected chi connectivity index (χ2v) is 13.5. The van der Waals surface area contributed by atoms with Gasteiger partial charge in [-0.2, -0.15) is 0 Å². The first kappa shape index (κ1) is 26.2. The zero-order chi connectivity index (χ0) is 24.8. The summed E-state index contributed by atoms with van der Waals surface area (Å²) in [6.45, 7) is 13.9. The standard InChI is InChI=1S/C30H51NO3/c1-18(2)8-7-9-19(3)24-12-13-25-23-11-10-21-16-22(32)17-27(34-28(33)20(4)31)30(21,6)26(23)14-15-29(24,25)5/h10,18-20,22-27,32H,7-9,11-17,31H2,1-6H3/t19-,20+,22-,23+,24-,25+,26+,27?,29-,30+/m1/s1. The molecule has 0 aromatic rings. The third kappa shape index (κ3) is 4.51. The van der Waals surface area contributed by atoms with E-state index in [1.807, 2.05) is 0 Å². The number of nitrogens with two attached hydrogens (primary N) is 1. The molecule has 3 fully saturated rings. The number of carbonyl (C=O) groups excluding carboxylic acids is 1. The highest BCUT2D eigenvalue weighted by Crippen LogP contribution is 2.67. The van der Waals surface area contributed by atoms with Crippen LogP contribution >= 0.6 is 0 Å². The summed E-state index contributed by atoms with van der Waals surface area (Å²) in [5.74, 6) is 4.06. The lowest BCUT2D eigenvalue weighted by Gasteiger charge is -2.60. The molecule has 0 amide bonds. The predicted octanol–water partition coefficient (Wildman–Crippen LogP) is 6.26. The van der Waals surface area contributed by atoms with Crippen molar-refractivity contribution in [1.82, 2.24) is 0 Å². The minimum absolute atomic E-state index is 0.172. The predicted molar refractivity (Wildman–Crippen MR) is 138 cm³/mol. The fraction of sp³-hybridized carbons (Fsp3) is 0.900. The molecule has 0 saturated heterocycles. The maximum Gasteiger partial charge on any atom is 0.322 e. The molecule has 0 heterocycles. The van der Waals surface area contributed by atoms with Crippen molar-refractivity contribution < 1.29 is 14.6 Å². The summed E-state index contributed by atoms with van der Waals surface area (Å²) in [6.07, 6.45) is 13.4. The molecule has 4 aliphatic rings. The summed E-state index contributed by atoms with van der Waals surface area (Å²) in [5, 5.41) is 10.6. The fourth-order valence-corrected chi connectivity index (χ4v) is 9.12. The van der Waals surface area contributed by atoms with Gasteiger partial charge in [0.1, 0.15) is 12.1 Å². The molecule has 34 heavy (non-hydrogen) atoms. The maximum absolute atomic E-state index is 12.5. The second kappa shape index (κ2) is 9.88. The van der Waals surface area contributed by atoms with E-state index >= 15 is 0 Å². The largest absolute Gasteiger partial charge is 0.460 e. The summed E-state index contributed by atoms with van der Waals surface area (Å²) in [5.41, 5.74) is 7.46. The van der Waals surface area contributed by atoms with Gasteiger partial charge in [0.2, 0.25) is 0 Å². The molecule has 4 rings (SSSR count). The molecule has 3 saturated carbocycles. The van der Waals surface area contributed by atoms with E-state index in [4.69, 9.17) is 10.5 Å². The van der Waals surface area contributed by atoms with Gasteiger partial charge in [-0.3, -0.25) is 4.79 Å². The van der Waals surface area contributed by atoms with Crippen molar-refractivity contribution in [2.75, 3.05) is 0 Å². The highest BCUT2D eigenvalue weighted by molar-refractivity contribution is 5.75. The Morgan fingerprint density at radius 3 is 2.56 bits per heavy atom. The van der Waals surface area contributed by atoms with Crippen LogP contribution in [0.1, 0.15) is 106 Å². The van der Waals surface area contributed by atoms with Crippen LogP contribution in [0.5, 0.6) is 0 Å². The van der Waals surface area contributed by atoms with Gasteiger partial charge in [-0.05, 0) is 86.4 Å². The smallest absolute Gasteiger partial charge is 0.322 e. The molecule has 3 N–H and O–H groups in total. The van der Waals surface area contributed by atoms with Gasteiger partial charge in [0.15, 0.2) is 0 Å². The van der Waals surface area contributed by atoms with Crippen molar-refractivity contribution in [2.45, 2.75) is 124 Å². The van der Waals surface area contributed by atoms with E-state index in [0.717, 1.165) is 36.5 Å². The van der Waals surface area contributed by atoms with E-state index in [0.29, 0.717) is 23.7 Å². The Kier molecular flexibility index (Phi) is 7.62. The molecule has 0 bridgehead atoms. The van der Waals surface area contributed by atoms with Crippen molar-refractivity contribution in [3.8, 4) is 0 Å². The first-order valence-corrected chi connectivity index (χ1v) is 14.3. The van der Waals surface area contributed by atoms with E-state index in [1.165, 1.54) is 50.5 Å². The SMILES string of the molecule is CC(C)CCC[C@@H](C)[C@H]1CC[C@H]2[C@@H]3CC=C4C[C@@H](O)CC(OC(=O)[C@H](C)N)[C@]4(C)[C@H]3CC[C@]12C. The normalized spacial score (nSPS) is 43.4. The number of allylic oxidation sites excluding steroid dienone is 1. The number of ether oxygens (including phenoxy) is 1. The van der Waals surface area contributed by atoms with Gasteiger partial charge < -0.3 is 15.6 Å². The summed E-state index contributed by atoms with van der Waals surface area (Å²) in [7, 11) is 0. The second-order valence-electron chi connectivity index (χ2n) is 13.5. The molecule has 4 aliphatic carbocycles. The Balaban J connectivity index is 1.55. The molecular weight excluding hydrogens is 422 g/mol. The molecular formula is C30H51NO3. The number of fused-ring (bicyclic) bond motifs is 5. The Bertz CT molecular complexity index is 775. The molecule has 0 radical (unpaired) electrons. The lowest BCUT2D eigenvalue weighted by molar-refractivity contribution is -0.170. The molecule has 10 atom stereocenters. The van der Waals surface area contributed by atoms with Crippen LogP contribution in [0, 0.1) is 46.3 Å². The van der Waals surface area contributed by atoms with Gasteiger partial charge in [-0.15, -0.1) is 0 Å². The molecule has 0 aromatic carbocycles. The number of aliphatic hydroxyl groups excluding tert-OH is 1. The van der Waals surface area contributed by atoms with Crippen LogP contribution in [0.2, 0.25) is 0 Å². The third-order valence-electron chi connectivity index (χ3n) is 11.0. The molecule has 4 nitrogen and oxygen atoms in total. The van der Waals surface area contributed by atoms with Crippen molar-refractivity contribution in [1.29, 1.82) is 0 Å². The number of hydrogen-bond acceptors (Lipinski definition) is 4. The first-order valence-electron chi connectivity index (χ1n) is 14.3. The minimum atomic E-state index is -0.628. The van der Waals surface area contributed by atoms with Gasteiger partial charge in [0, 0.05) is 11.8 Å². The Morgan fingerprint density at radius 2 is 1.88 bits per heavy atom. The van der Waals surface area contributed by atoms with Gasteiger partial charge in [0.05, 0.1) is 6.10 Å². The van der Waals surface area contributed by atoms with Crippen LogP contribution in [-0.4, -0.2) is 29.3 Å². The zero-order valence-corrected chi connectivity index (χ0v) is 22.7. The van der Waals surface area contributed by atoms with Crippen molar-refractivity contribution in [2.24, 2.45) is 52.1 Å². The van der Waals surface area contributed by atoms with Crippen molar-refractivity contribution in [3.05, 3.63) is 11.6 Å². The molecule has 0 aromatic heterocycles. The van der Waals surface area contributed by atoms with E-state index in [-0.39, 0.29) is 17.5 Å². The third-order valence-corrected chi connectivity index (χ3v) is 11.0. The zero-order valence-electron chi connectivity index (χ0n) is 22.7. The van der Waals surface area contributed by atoms with Gasteiger partial charge in [-0.25, -0.2) is 0 Å². The van der Waals surface area contributed by atoms with E-state index in [1.54, 1.807) is 6.92 Å². The minimum Gasteiger partial charge on any atom is -0.460 e. The Morgan fingerprint density at radius 1 is 1.15 bits per heavy atom. The van der Waals surface area contributed by atoms with Crippen molar-refractivity contribution >= 4 is 5.97 Å². The summed E-state index contributed by atoms with van der Waals surface area (Å²) >= 11 is 0. The van der Waals surface area contributed by atoms with Crippen LogP contribution in [0.4, 0.5) is 0 Å². The van der Waals surface area contributed by atoms with Crippen LogP contribution in [0.3, 0.4) is 0 Å². The summed E-state index contributed by atoms with van der Waals surface area (Å²) < 4.78 is 6.04. The number of hydrogen-bond donors (Lipinski definition) is 2. The number of aliphatic hydroxyl groups is 1. The van der Waals surface area contributed by atoms with Gasteiger partial charge in [-0.1, -0.05) is 65.5 Å². The van der Waals surface area contributed by atoms with Crippen LogP contribution in [0.25, 0.3) is 0 Å². The molecule has 1 unspecified atom stereocenters. The van der Waals surface area contributed by atoms with E-state index < -0.39 is 12.1 Å². The van der Waals surface area contributed by atoms with Crippen LogP contribution in [-0.2, 0) is 9.53 Å². The average molecular weight is 474 g/mol. The van der Waals surface area contributed by atoms with E-state index in [2.05, 4.69) is 40.7 Å². The first-order chi connectivity index (χ1) is 16.0. The monoisotopic (exact) mass is 473 g/mol. The molecule has 0 aliphatic heterocycles. The number of carbonyl (C=O) groups is 1. The van der Waals surface area contributed by atoms with Crippen LogP contribution < -0.4 is 5.73 Å². The average Bonchev–Trinajstić information content (AvgIpc) is 3.11. The highest BCUT2D eigenvalue weighted by Gasteiger charge is 2.61. The fourth-order valence-electron chi connectivity index (χ4n) is 9.12. The number of esters is 1. The van der Waals surface area contributed by atoms with Crippen LogP contribution in [0.15, 0.2) is 11.6 Å². The topological polar surface area (TPSA) is 72.5 Å².